The minimum atomic E-state index is -0.0971. The summed E-state index contributed by atoms with van der Waals surface area (Å²) < 4.78 is 10.4. The van der Waals surface area contributed by atoms with E-state index in [1.165, 1.54) is 0 Å². The van der Waals surface area contributed by atoms with Gasteiger partial charge in [-0.05, 0) is 19.9 Å². The van der Waals surface area contributed by atoms with Crippen molar-refractivity contribution in [3.05, 3.63) is 17.5 Å². The molecular formula is C10H16N4O2. The monoisotopic (exact) mass is 224 g/mol. The van der Waals surface area contributed by atoms with Gasteiger partial charge in [-0.1, -0.05) is 0 Å². The molecule has 0 unspecified atom stereocenters. The minimum absolute atomic E-state index is 0.0971. The largest absolute Gasteiger partial charge is 0.461 e. The maximum absolute atomic E-state index is 7.28. The molecule has 6 heteroatoms. The molecule has 0 amide bonds. The molecule has 0 aliphatic rings. The number of ether oxygens (including phenoxy) is 2. The van der Waals surface area contributed by atoms with Crippen LogP contribution in [0.5, 0.6) is 6.01 Å². The summed E-state index contributed by atoms with van der Waals surface area (Å²) >= 11 is 0. The van der Waals surface area contributed by atoms with Gasteiger partial charge in [-0.2, -0.15) is 4.98 Å². The molecule has 0 aliphatic heterocycles. The Hall–Kier alpha value is -1.69. The molecule has 6 nitrogen and oxygen atoms in total. The molecule has 0 aliphatic carbocycles. The predicted octanol–water partition coefficient (Wildman–Crippen LogP) is 0.484. The van der Waals surface area contributed by atoms with Gasteiger partial charge in [-0.15, -0.1) is 0 Å². The van der Waals surface area contributed by atoms with Crippen LogP contribution in [0.2, 0.25) is 0 Å². The molecule has 0 fully saturated rings. The van der Waals surface area contributed by atoms with Crippen LogP contribution >= 0.6 is 0 Å². The second kappa shape index (κ2) is 6.02. The summed E-state index contributed by atoms with van der Waals surface area (Å²) in [5.41, 5.74) is 6.43. The zero-order chi connectivity index (χ0) is 12.0. The molecule has 0 atom stereocenters. The van der Waals surface area contributed by atoms with Crippen molar-refractivity contribution in [3.8, 4) is 6.01 Å². The minimum Gasteiger partial charge on any atom is -0.461 e. The van der Waals surface area contributed by atoms with Gasteiger partial charge in [-0.25, -0.2) is 4.98 Å². The molecule has 0 radical (unpaired) electrons. The summed E-state index contributed by atoms with van der Waals surface area (Å²) in [5, 5.41) is 7.28. The van der Waals surface area contributed by atoms with Crippen molar-refractivity contribution in [3.63, 3.8) is 0 Å². The normalized spacial score (nSPS) is 10.1. The number of amidine groups is 1. The number of hydrogen-bond acceptors (Lipinski definition) is 5. The van der Waals surface area contributed by atoms with Crippen LogP contribution < -0.4 is 10.5 Å². The number of aryl methyl sites for hydroxylation is 1. The Morgan fingerprint density at radius 3 is 2.81 bits per heavy atom. The van der Waals surface area contributed by atoms with E-state index in [0.29, 0.717) is 31.2 Å². The second-order valence-electron chi connectivity index (χ2n) is 3.14. The third kappa shape index (κ3) is 3.82. The molecule has 1 aromatic rings. The van der Waals surface area contributed by atoms with Crippen molar-refractivity contribution in [2.45, 2.75) is 13.8 Å². The molecule has 1 heterocycles. The van der Waals surface area contributed by atoms with Crippen molar-refractivity contribution >= 4 is 5.84 Å². The van der Waals surface area contributed by atoms with Crippen LogP contribution in [-0.4, -0.2) is 35.6 Å². The first-order chi connectivity index (χ1) is 7.63. The highest BCUT2D eigenvalue weighted by Gasteiger charge is 2.05. The fourth-order valence-electron chi connectivity index (χ4n) is 1.08. The highest BCUT2D eigenvalue weighted by molar-refractivity contribution is 5.93. The van der Waals surface area contributed by atoms with E-state index in [1.54, 1.807) is 13.0 Å². The van der Waals surface area contributed by atoms with Gasteiger partial charge in [0.1, 0.15) is 18.1 Å². The highest BCUT2D eigenvalue weighted by Crippen LogP contribution is 2.06. The summed E-state index contributed by atoms with van der Waals surface area (Å²) in [7, 11) is 0. The SMILES string of the molecule is CCOCCOc1nc(C)cc(C(=N)N)n1. The average molecular weight is 224 g/mol. The Morgan fingerprint density at radius 2 is 2.19 bits per heavy atom. The van der Waals surface area contributed by atoms with E-state index in [9.17, 15) is 0 Å². The third-order valence-corrected chi connectivity index (χ3v) is 1.77. The third-order valence-electron chi connectivity index (χ3n) is 1.77. The van der Waals surface area contributed by atoms with Crippen molar-refractivity contribution < 1.29 is 9.47 Å². The summed E-state index contributed by atoms with van der Waals surface area (Å²) in [5.74, 6) is -0.0971. The van der Waals surface area contributed by atoms with Gasteiger partial charge in [0.15, 0.2) is 0 Å². The van der Waals surface area contributed by atoms with Gasteiger partial charge < -0.3 is 15.2 Å². The van der Waals surface area contributed by atoms with Crippen LogP contribution in [0, 0.1) is 12.3 Å². The summed E-state index contributed by atoms with van der Waals surface area (Å²) in [6, 6.07) is 1.86. The van der Waals surface area contributed by atoms with E-state index in [0.717, 1.165) is 0 Å². The van der Waals surface area contributed by atoms with Crippen LogP contribution in [0.15, 0.2) is 6.07 Å². The number of hydrogen-bond donors (Lipinski definition) is 2. The first kappa shape index (κ1) is 12.4. The van der Waals surface area contributed by atoms with E-state index in [4.69, 9.17) is 20.6 Å². The topological polar surface area (TPSA) is 94.1 Å². The van der Waals surface area contributed by atoms with E-state index in [1.807, 2.05) is 6.92 Å². The fourth-order valence-corrected chi connectivity index (χ4v) is 1.08. The van der Waals surface area contributed by atoms with Crippen molar-refractivity contribution in [1.29, 1.82) is 5.41 Å². The average Bonchev–Trinajstić information content (AvgIpc) is 2.23. The molecule has 1 aromatic heterocycles. The van der Waals surface area contributed by atoms with Gasteiger partial charge in [0, 0.05) is 12.3 Å². The number of nitrogens with two attached hydrogens (primary N) is 1. The molecule has 0 bridgehead atoms. The number of rotatable bonds is 6. The number of nitrogens with zero attached hydrogens (tertiary/aromatic N) is 2. The standard InChI is InChI=1S/C10H16N4O2/c1-3-15-4-5-16-10-13-7(2)6-8(14-10)9(11)12/h6H,3-5H2,1-2H3,(H3,11,12). The fraction of sp³-hybridized carbons (Fsp3) is 0.500. The summed E-state index contributed by atoms with van der Waals surface area (Å²) in [6.45, 7) is 5.23. The zero-order valence-corrected chi connectivity index (χ0v) is 9.49. The highest BCUT2D eigenvalue weighted by atomic mass is 16.5. The van der Waals surface area contributed by atoms with Crippen LogP contribution in [0.3, 0.4) is 0 Å². The van der Waals surface area contributed by atoms with E-state index in [2.05, 4.69) is 9.97 Å². The van der Waals surface area contributed by atoms with Gasteiger partial charge in [-0.3, -0.25) is 5.41 Å². The zero-order valence-electron chi connectivity index (χ0n) is 9.49. The Labute approximate surface area is 94.3 Å². The Bertz CT molecular complexity index is 368. The van der Waals surface area contributed by atoms with Crippen LogP contribution in [-0.2, 0) is 4.74 Å². The van der Waals surface area contributed by atoms with E-state index < -0.39 is 0 Å². The molecule has 0 saturated heterocycles. The first-order valence-electron chi connectivity index (χ1n) is 5.04. The predicted molar refractivity (Wildman–Crippen MR) is 59.8 cm³/mol. The first-order valence-corrected chi connectivity index (χ1v) is 5.04. The maximum atomic E-state index is 7.28. The van der Waals surface area contributed by atoms with Crippen molar-refractivity contribution in [1.82, 2.24) is 9.97 Å². The van der Waals surface area contributed by atoms with Crippen molar-refractivity contribution in [2.75, 3.05) is 19.8 Å². The maximum Gasteiger partial charge on any atom is 0.317 e. The van der Waals surface area contributed by atoms with Gasteiger partial charge in [0.05, 0.1) is 6.61 Å². The second-order valence-corrected chi connectivity index (χ2v) is 3.14. The lowest BCUT2D eigenvalue weighted by Crippen LogP contribution is -2.16. The molecule has 0 saturated carbocycles. The Morgan fingerprint density at radius 1 is 1.44 bits per heavy atom. The smallest absolute Gasteiger partial charge is 0.317 e. The van der Waals surface area contributed by atoms with Crippen molar-refractivity contribution in [2.24, 2.45) is 5.73 Å². The Kier molecular flexibility index (Phi) is 4.65. The van der Waals surface area contributed by atoms with E-state index in [-0.39, 0.29) is 11.8 Å². The van der Waals surface area contributed by atoms with Gasteiger partial charge in [0.2, 0.25) is 0 Å². The van der Waals surface area contributed by atoms with Gasteiger partial charge >= 0.3 is 6.01 Å². The van der Waals surface area contributed by atoms with Crippen LogP contribution in [0.1, 0.15) is 18.3 Å². The molecule has 0 spiro atoms. The molecule has 88 valence electrons. The molecular weight excluding hydrogens is 208 g/mol. The molecule has 1 rings (SSSR count). The Balaban J connectivity index is 2.62. The lowest BCUT2D eigenvalue weighted by Gasteiger charge is -2.06. The van der Waals surface area contributed by atoms with Crippen LogP contribution in [0.25, 0.3) is 0 Å². The van der Waals surface area contributed by atoms with Gasteiger partial charge in [0.25, 0.3) is 0 Å². The van der Waals surface area contributed by atoms with Crippen LogP contribution in [0.4, 0.5) is 0 Å². The lowest BCUT2D eigenvalue weighted by atomic mass is 10.3. The number of aromatic nitrogens is 2. The number of nitrogen functional groups attached to an aromatic ring is 1. The molecule has 16 heavy (non-hydrogen) atoms. The quantitative estimate of drug-likeness (QED) is 0.416. The molecule has 0 aromatic carbocycles. The number of nitrogens with one attached hydrogen (secondary N) is 1. The summed E-state index contributed by atoms with van der Waals surface area (Å²) in [6.07, 6.45) is 0. The lowest BCUT2D eigenvalue weighted by molar-refractivity contribution is 0.106. The summed E-state index contributed by atoms with van der Waals surface area (Å²) in [4.78, 5) is 8.07. The van der Waals surface area contributed by atoms with E-state index >= 15 is 0 Å². The molecule has 3 N–H and O–H groups in total.